The monoisotopic (exact) mass is 249 g/mol. The number of nitrogens with zero attached hydrogens (tertiary/aromatic N) is 3. The third-order valence-corrected chi connectivity index (χ3v) is 3.29. The van der Waals surface area contributed by atoms with Crippen LogP contribution in [-0.2, 0) is 6.42 Å². The van der Waals surface area contributed by atoms with E-state index in [4.69, 9.17) is 5.11 Å². The zero-order valence-corrected chi connectivity index (χ0v) is 10.1. The van der Waals surface area contributed by atoms with E-state index in [0.29, 0.717) is 27.7 Å². The van der Waals surface area contributed by atoms with Gasteiger partial charge >= 0.3 is 5.97 Å². The molecule has 0 aliphatic rings. The smallest absolute Gasteiger partial charge is 0.347 e. The summed E-state index contributed by atoms with van der Waals surface area (Å²) in [7, 11) is 0. The molecule has 0 aliphatic heterocycles. The summed E-state index contributed by atoms with van der Waals surface area (Å²) in [6.45, 7) is 2.00. The first-order chi connectivity index (χ1) is 8.22. The second kappa shape index (κ2) is 5.01. The van der Waals surface area contributed by atoms with E-state index in [1.165, 1.54) is 6.33 Å². The molecule has 2 aromatic heterocycles. The summed E-state index contributed by atoms with van der Waals surface area (Å²) in [5.74, 6) is -0.925. The van der Waals surface area contributed by atoms with Crippen molar-refractivity contribution in [2.45, 2.75) is 19.8 Å². The lowest BCUT2D eigenvalue weighted by Gasteiger charge is -1.93. The number of carboxylic acids is 1. The highest BCUT2D eigenvalue weighted by atomic mass is 32.1. The lowest BCUT2D eigenvalue weighted by molar-refractivity contribution is 0.0700. The Hall–Kier alpha value is -1.82. The van der Waals surface area contributed by atoms with Gasteiger partial charge in [0.15, 0.2) is 0 Å². The van der Waals surface area contributed by atoms with Gasteiger partial charge in [-0.25, -0.2) is 19.7 Å². The van der Waals surface area contributed by atoms with Crippen LogP contribution in [0.2, 0.25) is 0 Å². The number of rotatable bonds is 4. The number of hydrogen-bond acceptors (Lipinski definition) is 5. The van der Waals surface area contributed by atoms with Crippen LogP contribution in [0.4, 0.5) is 0 Å². The molecule has 0 radical (unpaired) electrons. The number of hydrogen-bond donors (Lipinski definition) is 1. The van der Waals surface area contributed by atoms with Gasteiger partial charge < -0.3 is 5.11 Å². The molecule has 0 aromatic carbocycles. The first-order valence-electron chi connectivity index (χ1n) is 5.21. The van der Waals surface area contributed by atoms with Crippen LogP contribution in [-0.4, -0.2) is 26.0 Å². The Bertz CT molecular complexity index is 525. The highest BCUT2D eigenvalue weighted by molar-refractivity contribution is 7.17. The number of carboxylic acid groups (broad SMARTS) is 1. The topological polar surface area (TPSA) is 76.0 Å². The molecule has 2 aromatic rings. The van der Waals surface area contributed by atoms with E-state index in [1.54, 1.807) is 12.3 Å². The molecule has 0 fully saturated rings. The lowest BCUT2D eigenvalue weighted by atomic mass is 10.2. The molecule has 2 rings (SSSR count). The van der Waals surface area contributed by atoms with Crippen molar-refractivity contribution in [3.8, 4) is 10.7 Å². The molecule has 0 bridgehead atoms. The molecular formula is C11H11N3O2S. The minimum absolute atomic E-state index is 0.306. The van der Waals surface area contributed by atoms with Crippen LogP contribution in [0.15, 0.2) is 18.6 Å². The van der Waals surface area contributed by atoms with E-state index in [9.17, 15) is 4.79 Å². The van der Waals surface area contributed by atoms with E-state index in [0.717, 1.165) is 17.8 Å². The molecule has 0 spiro atoms. The van der Waals surface area contributed by atoms with E-state index < -0.39 is 5.97 Å². The van der Waals surface area contributed by atoms with Gasteiger partial charge in [0.1, 0.15) is 21.9 Å². The summed E-state index contributed by atoms with van der Waals surface area (Å²) in [5, 5.41) is 9.72. The average Bonchev–Trinajstić information content (AvgIpc) is 2.75. The Morgan fingerprint density at radius 1 is 1.53 bits per heavy atom. The summed E-state index contributed by atoms with van der Waals surface area (Å²) in [6, 6.07) is 1.72. The summed E-state index contributed by atoms with van der Waals surface area (Å²) in [4.78, 5) is 23.6. The van der Waals surface area contributed by atoms with Gasteiger partial charge in [-0.3, -0.25) is 0 Å². The molecule has 0 saturated heterocycles. The standard InChI is InChI=1S/C11H11N3O2S/c1-2-3-7-9(11(15)16)17-10(14-7)8-4-5-12-6-13-8/h4-6H,2-3H2,1H3,(H,15,16). The minimum atomic E-state index is -0.925. The predicted octanol–water partition coefficient (Wildman–Crippen LogP) is 2.25. The normalized spacial score (nSPS) is 10.4. The zero-order valence-electron chi connectivity index (χ0n) is 9.25. The maximum absolute atomic E-state index is 11.1. The van der Waals surface area contributed by atoms with Crippen molar-refractivity contribution in [3.05, 3.63) is 29.2 Å². The Kier molecular flexibility index (Phi) is 3.43. The van der Waals surface area contributed by atoms with Crippen molar-refractivity contribution in [2.75, 3.05) is 0 Å². The van der Waals surface area contributed by atoms with E-state index >= 15 is 0 Å². The number of aromatic nitrogens is 3. The SMILES string of the molecule is CCCc1nc(-c2ccncn2)sc1C(=O)O. The maximum Gasteiger partial charge on any atom is 0.347 e. The van der Waals surface area contributed by atoms with Gasteiger partial charge in [-0.05, 0) is 12.5 Å². The fourth-order valence-electron chi connectivity index (χ4n) is 1.45. The van der Waals surface area contributed by atoms with Gasteiger partial charge in [0.25, 0.3) is 0 Å². The summed E-state index contributed by atoms with van der Waals surface area (Å²) in [6.07, 6.45) is 4.58. The van der Waals surface area contributed by atoms with Crippen molar-refractivity contribution in [3.63, 3.8) is 0 Å². The molecule has 0 aliphatic carbocycles. The second-order valence-electron chi connectivity index (χ2n) is 3.44. The van der Waals surface area contributed by atoms with E-state index in [-0.39, 0.29) is 0 Å². The summed E-state index contributed by atoms with van der Waals surface area (Å²) >= 11 is 1.16. The van der Waals surface area contributed by atoms with Gasteiger partial charge in [-0.15, -0.1) is 11.3 Å². The molecule has 6 heteroatoms. The second-order valence-corrected chi connectivity index (χ2v) is 4.44. The molecule has 0 amide bonds. The molecule has 0 unspecified atom stereocenters. The van der Waals surface area contributed by atoms with Crippen LogP contribution in [0.5, 0.6) is 0 Å². The molecule has 0 atom stereocenters. The van der Waals surface area contributed by atoms with Gasteiger partial charge in [0.2, 0.25) is 0 Å². The van der Waals surface area contributed by atoms with Gasteiger partial charge in [-0.1, -0.05) is 13.3 Å². The van der Waals surface area contributed by atoms with Gasteiger partial charge in [-0.2, -0.15) is 0 Å². The third kappa shape index (κ3) is 2.47. The molecule has 1 N–H and O–H groups in total. The quantitative estimate of drug-likeness (QED) is 0.899. The first-order valence-corrected chi connectivity index (χ1v) is 6.03. The van der Waals surface area contributed by atoms with Crippen molar-refractivity contribution < 1.29 is 9.90 Å². The highest BCUT2D eigenvalue weighted by Crippen LogP contribution is 2.27. The van der Waals surface area contributed by atoms with Crippen molar-refractivity contribution >= 4 is 17.3 Å². The number of carbonyl (C=O) groups is 1. The maximum atomic E-state index is 11.1. The van der Waals surface area contributed by atoms with Crippen LogP contribution in [0.25, 0.3) is 10.7 Å². The molecule has 5 nitrogen and oxygen atoms in total. The van der Waals surface area contributed by atoms with Crippen LogP contribution < -0.4 is 0 Å². The number of aryl methyl sites for hydroxylation is 1. The highest BCUT2D eigenvalue weighted by Gasteiger charge is 2.17. The Morgan fingerprint density at radius 2 is 2.35 bits per heavy atom. The molecule has 0 saturated carbocycles. The fraction of sp³-hybridized carbons (Fsp3) is 0.273. The third-order valence-electron chi connectivity index (χ3n) is 2.18. The van der Waals surface area contributed by atoms with Crippen molar-refractivity contribution in [1.82, 2.24) is 15.0 Å². The summed E-state index contributed by atoms with van der Waals surface area (Å²) in [5.41, 5.74) is 1.30. The van der Waals surface area contributed by atoms with E-state index in [1.807, 2.05) is 6.92 Å². The Balaban J connectivity index is 2.44. The van der Waals surface area contributed by atoms with Crippen LogP contribution >= 0.6 is 11.3 Å². The molecule has 17 heavy (non-hydrogen) atoms. The largest absolute Gasteiger partial charge is 0.477 e. The molecule has 88 valence electrons. The summed E-state index contributed by atoms with van der Waals surface area (Å²) < 4.78 is 0. The van der Waals surface area contributed by atoms with Gasteiger partial charge in [0, 0.05) is 6.20 Å². The lowest BCUT2D eigenvalue weighted by Crippen LogP contribution is -1.98. The number of thiazole rings is 1. The number of aromatic carboxylic acids is 1. The van der Waals surface area contributed by atoms with Crippen LogP contribution in [0.1, 0.15) is 28.7 Å². The van der Waals surface area contributed by atoms with Crippen LogP contribution in [0, 0.1) is 0 Å². The van der Waals surface area contributed by atoms with Crippen molar-refractivity contribution in [1.29, 1.82) is 0 Å². The van der Waals surface area contributed by atoms with Crippen molar-refractivity contribution in [2.24, 2.45) is 0 Å². The Labute approximate surface area is 102 Å². The van der Waals surface area contributed by atoms with Gasteiger partial charge in [0.05, 0.1) is 5.69 Å². The molecule has 2 heterocycles. The van der Waals surface area contributed by atoms with Crippen LogP contribution in [0.3, 0.4) is 0 Å². The molecular weight excluding hydrogens is 238 g/mol. The van der Waals surface area contributed by atoms with E-state index in [2.05, 4.69) is 15.0 Å². The fourth-order valence-corrected chi connectivity index (χ4v) is 2.38. The average molecular weight is 249 g/mol. The Morgan fingerprint density at radius 3 is 2.94 bits per heavy atom. The first kappa shape index (κ1) is 11.7. The minimum Gasteiger partial charge on any atom is -0.477 e. The predicted molar refractivity (Wildman–Crippen MR) is 64.1 cm³/mol. The zero-order chi connectivity index (χ0) is 12.3.